The summed E-state index contributed by atoms with van der Waals surface area (Å²) < 4.78 is 0. The molecule has 0 heterocycles. The number of rotatable bonds is 3. The molecule has 0 radical (unpaired) electrons. The number of hydrogen-bond acceptors (Lipinski definition) is 2. The zero-order valence-electron chi connectivity index (χ0n) is 5.68. The summed E-state index contributed by atoms with van der Waals surface area (Å²) in [7, 11) is 0. The van der Waals surface area contributed by atoms with Crippen LogP contribution in [-0.4, -0.2) is 25.7 Å². The van der Waals surface area contributed by atoms with Crippen molar-refractivity contribution < 1.29 is 4.79 Å². The van der Waals surface area contributed by atoms with Crippen molar-refractivity contribution >= 4 is 6.03 Å². The Labute approximate surface area is 60.2 Å². The lowest BCUT2D eigenvalue weighted by atomic mass is 10.6. The van der Waals surface area contributed by atoms with Gasteiger partial charge in [0.15, 0.2) is 0 Å². The van der Waals surface area contributed by atoms with Crippen molar-refractivity contribution in [3.63, 3.8) is 0 Å². The molecule has 0 aromatic carbocycles. The van der Waals surface area contributed by atoms with Gasteiger partial charge >= 0.3 is 6.03 Å². The second-order valence-electron chi connectivity index (χ2n) is 1.60. The average molecular weight is 141 g/mol. The maximum atomic E-state index is 10.6. The third-order valence-corrected chi connectivity index (χ3v) is 0.781. The number of carbonyl (C=O) groups is 1. The number of carbonyl (C=O) groups excluding carboxylic acids is 1. The summed E-state index contributed by atoms with van der Waals surface area (Å²) in [6, 6.07) is -0.275. The fourth-order valence-corrected chi connectivity index (χ4v) is 0.380. The summed E-state index contributed by atoms with van der Waals surface area (Å²) >= 11 is 0. The van der Waals surface area contributed by atoms with E-state index >= 15 is 0 Å². The molecule has 4 heteroatoms. The molecule has 0 atom stereocenters. The molecule has 4 nitrogen and oxygen atoms in total. The minimum atomic E-state index is -0.275. The van der Waals surface area contributed by atoms with E-state index in [1.54, 1.807) is 0 Å². The van der Waals surface area contributed by atoms with Gasteiger partial charge in [-0.1, -0.05) is 5.92 Å². The number of amides is 2. The van der Waals surface area contributed by atoms with E-state index in [1.807, 2.05) is 0 Å². The quantitative estimate of drug-likeness (QED) is 0.436. The molecule has 2 amide bonds. The van der Waals surface area contributed by atoms with Crippen molar-refractivity contribution in [2.75, 3.05) is 19.6 Å². The fraction of sp³-hybridized carbons (Fsp3) is 0.500. The number of terminal acetylenes is 1. The summed E-state index contributed by atoms with van der Waals surface area (Å²) in [4.78, 5) is 10.6. The fourth-order valence-electron chi connectivity index (χ4n) is 0.380. The highest BCUT2D eigenvalue weighted by molar-refractivity contribution is 5.74. The minimum Gasteiger partial charge on any atom is -0.337 e. The van der Waals surface area contributed by atoms with Crippen molar-refractivity contribution in [3.05, 3.63) is 0 Å². The van der Waals surface area contributed by atoms with Crippen molar-refractivity contribution in [2.45, 2.75) is 0 Å². The van der Waals surface area contributed by atoms with Crippen LogP contribution in [0.5, 0.6) is 0 Å². The van der Waals surface area contributed by atoms with Crippen LogP contribution in [-0.2, 0) is 0 Å². The van der Waals surface area contributed by atoms with Gasteiger partial charge in [0, 0.05) is 13.1 Å². The van der Waals surface area contributed by atoms with Gasteiger partial charge in [-0.2, -0.15) is 0 Å². The van der Waals surface area contributed by atoms with Gasteiger partial charge in [0.05, 0.1) is 6.54 Å². The lowest BCUT2D eigenvalue weighted by molar-refractivity contribution is 0.242. The summed E-state index contributed by atoms with van der Waals surface area (Å²) in [5.74, 6) is 2.27. The molecular weight excluding hydrogens is 130 g/mol. The third-order valence-electron chi connectivity index (χ3n) is 0.781. The Kier molecular flexibility index (Phi) is 5.20. The Morgan fingerprint density at radius 1 is 1.60 bits per heavy atom. The monoisotopic (exact) mass is 141 g/mol. The topological polar surface area (TPSA) is 67.2 Å². The zero-order chi connectivity index (χ0) is 7.82. The molecule has 0 unspecified atom stereocenters. The van der Waals surface area contributed by atoms with Crippen molar-refractivity contribution in [1.29, 1.82) is 0 Å². The molecule has 0 aromatic rings. The summed E-state index contributed by atoms with van der Waals surface area (Å²) in [5, 5.41) is 4.92. The van der Waals surface area contributed by atoms with Gasteiger partial charge < -0.3 is 16.4 Å². The molecule has 0 spiro atoms. The molecular formula is C6H11N3O. The van der Waals surface area contributed by atoms with E-state index in [1.165, 1.54) is 0 Å². The van der Waals surface area contributed by atoms with E-state index in [0.29, 0.717) is 13.1 Å². The van der Waals surface area contributed by atoms with Crippen LogP contribution >= 0.6 is 0 Å². The van der Waals surface area contributed by atoms with Crippen molar-refractivity contribution in [3.8, 4) is 12.3 Å². The first-order valence-electron chi connectivity index (χ1n) is 2.96. The van der Waals surface area contributed by atoms with Crippen molar-refractivity contribution in [2.24, 2.45) is 5.73 Å². The van der Waals surface area contributed by atoms with Gasteiger partial charge in [0.2, 0.25) is 0 Å². The molecule has 0 saturated carbocycles. The highest BCUT2D eigenvalue weighted by atomic mass is 16.2. The van der Waals surface area contributed by atoms with E-state index in [0.717, 1.165) is 0 Å². The van der Waals surface area contributed by atoms with Gasteiger partial charge in [0.1, 0.15) is 0 Å². The lowest BCUT2D eigenvalue weighted by Crippen LogP contribution is -2.38. The first kappa shape index (κ1) is 8.79. The van der Waals surface area contributed by atoms with Gasteiger partial charge in [-0.15, -0.1) is 6.42 Å². The number of nitrogens with one attached hydrogen (secondary N) is 2. The number of urea groups is 1. The molecule has 0 rings (SSSR count). The second-order valence-corrected chi connectivity index (χ2v) is 1.60. The Morgan fingerprint density at radius 3 is 2.80 bits per heavy atom. The van der Waals surface area contributed by atoms with Crippen LogP contribution in [0.15, 0.2) is 0 Å². The zero-order valence-corrected chi connectivity index (χ0v) is 5.68. The van der Waals surface area contributed by atoms with Crippen LogP contribution in [0.4, 0.5) is 4.79 Å². The molecule has 0 aromatic heterocycles. The van der Waals surface area contributed by atoms with E-state index in [4.69, 9.17) is 12.2 Å². The first-order valence-corrected chi connectivity index (χ1v) is 2.96. The number of hydrogen-bond donors (Lipinski definition) is 3. The maximum Gasteiger partial charge on any atom is 0.315 e. The summed E-state index contributed by atoms with van der Waals surface area (Å²) in [6.45, 7) is 1.15. The van der Waals surface area contributed by atoms with E-state index < -0.39 is 0 Å². The smallest absolute Gasteiger partial charge is 0.315 e. The maximum absolute atomic E-state index is 10.6. The lowest BCUT2D eigenvalue weighted by Gasteiger charge is -2.01. The molecule has 0 aliphatic rings. The average Bonchev–Trinajstić information content (AvgIpc) is 1.97. The van der Waals surface area contributed by atoms with Crippen LogP contribution in [0.25, 0.3) is 0 Å². The van der Waals surface area contributed by atoms with E-state index in [2.05, 4.69) is 16.6 Å². The molecule has 0 saturated heterocycles. The Bertz CT molecular complexity index is 138. The largest absolute Gasteiger partial charge is 0.337 e. The minimum absolute atomic E-state index is 0.246. The molecule has 10 heavy (non-hydrogen) atoms. The van der Waals surface area contributed by atoms with Gasteiger partial charge in [0.25, 0.3) is 0 Å². The summed E-state index contributed by atoms with van der Waals surface area (Å²) in [6.07, 6.45) is 4.89. The molecule has 56 valence electrons. The van der Waals surface area contributed by atoms with Gasteiger partial charge in [-0.05, 0) is 0 Å². The van der Waals surface area contributed by atoms with E-state index in [9.17, 15) is 4.79 Å². The standard InChI is InChI=1S/C6H11N3O/c1-2-4-8-6(10)9-5-3-7/h1H,3-5,7H2,(H2,8,9,10). The Morgan fingerprint density at radius 2 is 2.30 bits per heavy atom. The molecule has 0 aliphatic carbocycles. The van der Waals surface area contributed by atoms with Gasteiger partial charge in [-0.3, -0.25) is 0 Å². The van der Waals surface area contributed by atoms with Crippen LogP contribution in [0, 0.1) is 12.3 Å². The number of nitrogens with two attached hydrogens (primary N) is 1. The molecule has 0 bridgehead atoms. The molecule has 0 fully saturated rings. The highest BCUT2D eigenvalue weighted by Crippen LogP contribution is 1.61. The van der Waals surface area contributed by atoms with Crippen LogP contribution in [0.2, 0.25) is 0 Å². The summed E-state index contributed by atoms with van der Waals surface area (Å²) in [5.41, 5.74) is 5.12. The molecule has 4 N–H and O–H groups in total. The third kappa shape index (κ3) is 4.94. The predicted molar refractivity (Wildman–Crippen MR) is 39.3 cm³/mol. The molecule has 0 aliphatic heterocycles. The van der Waals surface area contributed by atoms with Crippen LogP contribution in [0.3, 0.4) is 0 Å². The highest BCUT2D eigenvalue weighted by Gasteiger charge is 1.93. The van der Waals surface area contributed by atoms with Gasteiger partial charge in [-0.25, -0.2) is 4.79 Å². The van der Waals surface area contributed by atoms with E-state index in [-0.39, 0.29) is 12.6 Å². The predicted octanol–water partition coefficient (Wildman–Crippen LogP) is -1.12. The Hall–Kier alpha value is -1.21. The first-order chi connectivity index (χ1) is 4.81. The van der Waals surface area contributed by atoms with Crippen molar-refractivity contribution in [1.82, 2.24) is 10.6 Å². The van der Waals surface area contributed by atoms with Crippen LogP contribution in [0.1, 0.15) is 0 Å². The van der Waals surface area contributed by atoms with Crippen LogP contribution < -0.4 is 16.4 Å². The normalized spacial score (nSPS) is 8.00. The second kappa shape index (κ2) is 5.92. The SMILES string of the molecule is C#CCNC(=O)NCCN. The Balaban J connectivity index is 3.19.